The van der Waals surface area contributed by atoms with E-state index in [0.29, 0.717) is 36.8 Å². The van der Waals surface area contributed by atoms with Crippen molar-refractivity contribution in [2.75, 3.05) is 31.1 Å². The van der Waals surface area contributed by atoms with Crippen molar-refractivity contribution in [3.8, 4) is 11.5 Å². The van der Waals surface area contributed by atoms with E-state index < -0.39 is 28.5 Å². The average Bonchev–Trinajstić information content (AvgIpc) is 3.01. The van der Waals surface area contributed by atoms with Crippen LogP contribution in [0.3, 0.4) is 0 Å². The lowest BCUT2D eigenvalue weighted by atomic mass is 10.1. The summed E-state index contributed by atoms with van der Waals surface area (Å²) in [6.07, 6.45) is 2.08. The highest BCUT2D eigenvalue weighted by Gasteiger charge is 2.33. The molecule has 3 aromatic carbocycles. The molecule has 1 atom stereocenters. The number of hydrogen-bond acceptors (Lipinski definition) is 6. The van der Waals surface area contributed by atoms with E-state index >= 15 is 0 Å². The van der Waals surface area contributed by atoms with E-state index in [1.165, 1.54) is 17.0 Å². The normalized spacial score (nSPS) is 11.8. The maximum atomic E-state index is 14.2. The van der Waals surface area contributed by atoms with Crippen molar-refractivity contribution < 1.29 is 27.5 Å². The van der Waals surface area contributed by atoms with Crippen molar-refractivity contribution in [1.29, 1.82) is 0 Å². The van der Waals surface area contributed by atoms with Crippen LogP contribution in [0.1, 0.15) is 45.6 Å². The van der Waals surface area contributed by atoms with Crippen LogP contribution < -0.4 is 19.1 Å². The number of nitrogens with one attached hydrogen (secondary N) is 1. The molecule has 0 aliphatic carbocycles. The van der Waals surface area contributed by atoms with E-state index in [9.17, 15) is 18.0 Å². The summed E-state index contributed by atoms with van der Waals surface area (Å²) in [7, 11) is -2.58. The number of carbonyl (C=O) groups excluding carboxylic acids is 2. The number of carbonyl (C=O) groups is 2. The zero-order valence-electron chi connectivity index (χ0n) is 24.8. The fraction of sp³-hybridized carbons (Fsp3) is 0.375. The molecule has 1 N–H and O–H groups in total. The van der Waals surface area contributed by atoms with Crippen LogP contribution in [0.5, 0.6) is 11.5 Å². The molecule has 3 aromatic rings. The summed E-state index contributed by atoms with van der Waals surface area (Å²) in [5, 5.41) is 2.93. The molecule has 3 rings (SSSR count). The van der Waals surface area contributed by atoms with E-state index in [1.54, 1.807) is 61.7 Å². The Labute approximate surface area is 249 Å². The summed E-state index contributed by atoms with van der Waals surface area (Å²) >= 11 is 0. The lowest BCUT2D eigenvalue weighted by molar-refractivity contribution is -0.140. The number of hydrogen-bond donors (Lipinski definition) is 1. The van der Waals surface area contributed by atoms with Gasteiger partial charge in [0.25, 0.3) is 10.0 Å². The van der Waals surface area contributed by atoms with Gasteiger partial charge < -0.3 is 19.7 Å². The van der Waals surface area contributed by atoms with Gasteiger partial charge in [-0.2, -0.15) is 0 Å². The molecule has 9 nitrogen and oxygen atoms in total. The Morgan fingerprint density at radius 1 is 0.905 bits per heavy atom. The van der Waals surface area contributed by atoms with Crippen molar-refractivity contribution in [2.45, 2.75) is 57.5 Å². The van der Waals surface area contributed by atoms with Crippen molar-refractivity contribution in [2.24, 2.45) is 0 Å². The monoisotopic (exact) mass is 595 g/mol. The topological polar surface area (TPSA) is 105 Å². The third-order valence-electron chi connectivity index (χ3n) is 6.75. The van der Waals surface area contributed by atoms with Crippen molar-refractivity contribution in [1.82, 2.24) is 10.2 Å². The zero-order chi connectivity index (χ0) is 30.5. The number of anilines is 1. The van der Waals surface area contributed by atoms with Crippen molar-refractivity contribution >= 4 is 27.5 Å². The summed E-state index contributed by atoms with van der Waals surface area (Å²) in [6.45, 7) is 6.27. The predicted octanol–water partition coefficient (Wildman–Crippen LogP) is 5.01. The molecule has 0 heterocycles. The maximum Gasteiger partial charge on any atom is 0.264 e. The van der Waals surface area contributed by atoms with E-state index in [1.807, 2.05) is 32.9 Å². The van der Waals surface area contributed by atoms with Crippen LogP contribution in [-0.4, -0.2) is 58.0 Å². The molecular weight excluding hydrogens is 554 g/mol. The molecule has 0 fully saturated rings. The molecule has 0 saturated heterocycles. The molecule has 0 aliphatic rings. The van der Waals surface area contributed by atoms with Crippen LogP contribution in [0, 0.1) is 0 Å². The van der Waals surface area contributed by atoms with E-state index in [-0.39, 0.29) is 17.3 Å². The average molecular weight is 596 g/mol. The second-order valence-corrected chi connectivity index (χ2v) is 11.6. The molecule has 0 radical (unpaired) electrons. The van der Waals surface area contributed by atoms with Gasteiger partial charge in [-0.1, -0.05) is 50.6 Å². The fourth-order valence-corrected chi connectivity index (χ4v) is 5.95. The van der Waals surface area contributed by atoms with Gasteiger partial charge in [0.15, 0.2) is 0 Å². The first-order valence-corrected chi connectivity index (χ1v) is 15.7. The van der Waals surface area contributed by atoms with Gasteiger partial charge in [-0.15, -0.1) is 0 Å². The second-order valence-electron chi connectivity index (χ2n) is 9.69. The Morgan fingerprint density at radius 2 is 1.62 bits per heavy atom. The Morgan fingerprint density at radius 3 is 2.24 bits per heavy atom. The van der Waals surface area contributed by atoms with Crippen LogP contribution in [-0.2, 0) is 26.2 Å². The minimum absolute atomic E-state index is 0.0513. The Bertz CT molecular complexity index is 1400. The molecule has 0 bridgehead atoms. The minimum Gasteiger partial charge on any atom is -0.497 e. The number of sulfonamides is 1. The summed E-state index contributed by atoms with van der Waals surface area (Å²) in [5.74, 6) is 0.409. The molecule has 0 aliphatic heterocycles. The molecule has 0 unspecified atom stereocenters. The largest absolute Gasteiger partial charge is 0.497 e. The van der Waals surface area contributed by atoms with Gasteiger partial charge in [-0.3, -0.25) is 13.9 Å². The first kappa shape index (κ1) is 32.5. The standard InChI is InChI=1S/C32H41N3O6S/c1-5-8-21-33-32(37)30(6-2)34(23-25-13-12-14-28(22-25)40-4)31(36)24-35(26-17-19-27(20-18-26)41-7-3)42(38,39)29-15-10-9-11-16-29/h9-20,22,30H,5-8,21,23-24H2,1-4H3,(H,33,37)/t30-/m0/s1. The molecule has 0 aromatic heterocycles. The van der Waals surface area contributed by atoms with Gasteiger partial charge in [0.05, 0.1) is 24.3 Å². The van der Waals surface area contributed by atoms with Gasteiger partial charge in [-0.25, -0.2) is 8.42 Å². The van der Waals surface area contributed by atoms with E-state index in [2.05, 4.69) is 5.32 Å². The summed E-state index contributed by atoms with van der Waals surface area (Å²) in [6, 6.07) is 21.0. The summed E-state index contributed by atoms with van der Waals surface area (Å²) in [5.41, 5.74) is 1.05. The quantitative estimate of drug-likeness (QED) is 0.234. The third-order valence-corrected chi connectivity index (χ3v) is 8.54. The zero-order valence-corrected chi connectivity index (χ0v) is 25.6. The number of ether oxygens (including phenoxy) is 2. The first-order chi connectivity index (χ1) is 20.2. The van der Waals surface area contributed by atoms with Gasteiger partial charge in [0.1, 0.15) is 24.1 Å². The SMILES string of the molecule is CCCCNC(=O)[C@H](CC)N(Cc1cccc(OC)c1)C(=O)CN(c1ccc(OCC)cc1)S(=O)(=O)c1ccccc1. The third kappa shape index (κ3) is 8.48. The van der Waals surface area contributed by atoms with Crippen molar-refractivity contribution in [3.63, 3.8) is 0 Å². The number of unbranched alkanes of at least 4 members (excludes halogenated alkanes) is 1. The van der Waals surface area contributed by atoms with Crippen LogP contribution in [0.2, 0.25) is 0 Å². The van der Waals surface area contributed by atoms with Gasteiger partial charge in [0.2, 0.25) is 11.8 Å². The van der Waals surface area contributed by atoms with Crippen LogP contribution in [0.25, 0.3) is 0 Å². The highest BCUT2D eigenvalue weighted by Crippen LogP contribution is 2.27. The maximum absolute atomic E-state index is 14.2. The second kappa shape index (κ2) is 15.8. The van der Waals surface area contributed by atoms with E-state index in [4.69, 9.17) is 9.47 Å². The summed E-state index contributed by atoms with van der Waals surface area (Å²) < 4.78 is 39.8. The minimum atomic E-state index is -4.14. The number of nitrogens with zero attached hydrogens (tertiary/aromatic N) is 2. The number of methoxy groups -OCH3 is 1. The number of benzene rings is 3. The highest BCUT2D eigenvalue weighted by atomic mass is 32.2. The van der Waals surface area contributed by atoms with Gasteiger partial charge in [0, 0.05) is 13.1 Å². The van der Waals surface area contributed by atoms with Crippen LogP contribution in [0.4, 0.5) is 5.69 Å². The smallest absolute Gasteiger partial charge is 0.264 e. The highest BCUT2D eigenvalue weighted by molar-refractivity contribution is 7.92. The lowest BCUT2D eigenvalue weighted by Gasteiger charge is -2.33. The van der Waals surface area contributed by atoms with Gasteiger partial charge in [-0.05, 0) is 73.9 Å². The Kier molecular flexibility index (Phi) is 12.2. The van der Waals surface area contributed by atoms with Gasteiger partial charge >= 0.3 is 0 Å². The predicted molar refractivity (Wildman–Crippen MR) is 164 cm³/mol. The molecule has 226 valence electrons. The fourth-order valence-electron chi connectivity index (χ4n) is 4.52. The number of rotatable bonds is 16. The number of amides is 2. The Balaban J connectivity index is 2.03. The van der Waals surface area contributed by atoms with Crippen LogP contribution >= 0.6 is 0 Å². The first-order valence-electron chi connectivity index (χ1n) is 14.3. The van der Waals surface area contributed by atoms with Crippen molar-refractivity contribution in [3.05, 3.63) is 84.4 Å². The molecular formula is C32H41N3O6S. The molecule has 10 heteroatoms. The molecule has 0 spiro atoms. The summed E-state index contributed by atoms with van der Waals surface area (Å²) in [4.78, 5) is 29.0. The Hall–Kier alpha value is -4.05. The molecule has 0 saturated carbocycles. The van der Waals surface area contributed by atoms with E-state index in [0.717, 1.165) is 22.7 Å². The van der Waals surface area contributed by atoms with Crippen LogP contribution in [0.15, 0.2) is 83.8 Å². The molecule has 2 amide bonds. The molecule has 42 heavy (non-hydrogen) atoms. The lowest BCUT2D eigenvalue weighted by Crippen LogP contribution is -2.52.